The van der Waals surface area contributed by atoms with Gasteiger partial charge in [0.1, 0.15) is 3.92 Å². The first-order chi connectivity index (χ1) is 12.1. The van der Waals surface area contributed by atoms with Crippen LogP contribution in [0.2, 0.25) is 0 Å². The maximum atomic E-state index is 13.9. The average Bonchev–Trinajstić information content (AvgIpc) is 2.51. The molecular formula is C12H10F13IO2. The molecule has 0 heterocycles. The van der Waals surface area contributed by atoms with Gasteiger partial charge in [0.05, 0.1) is 6.61 Å². The van der Waals surface area contributed by atoms with Crippen molar-refractivity contribution in [2.24, 2.45) is 5.92 Å². The zero-order valence-corrected chi connectivity index (χ0v) is 15.6. The Kier molecular flexibility index (Phi) is 7.65. The van der Waals surface area contributed by atoms with Crippen molar-refractivity contribution in [3.05, 3.63) is 0 Å². The van der Waals surface area contributed by atoms with Gasteiger partial charge in [-0.15, -0.1) is 0 Å². The number of carbonyl (C=O) groups excluding carboxylic acids is 1. The lowest BCUT2D eigenvalue weighted by Crippen LogP contribution is -2.71. The molecule has 0 bridgehead atoms. The molecule has 28 heavy (non-hydrogen) atoms. The quantitative estimate of drug-likeness (QED) is 0.164. The molecule has 0 N–H and O–H groups in total. The topological polar surface area (TPSA) is 26.3 Å². The molecule has 2 nitrogen and oxygen atoms in total. The van der Waals surface area contributed by atoms with Gasteiger partial charge in [-0.3, -0.25) is 4.79 Å². The number of carbonyl (C=O) groups is 1. The molecule has 2 unspecified atom stereocenters. The van der Waals surface area contributed by atoms with Crippen LogP contribution in [0.25, 0.3) is 0 Å². The van der Waals surface area contributed by atoms with Crippen molar-refractivity contribution in [3.8, 4) is 0 Å². The first kappa shape index (κ1) is 27.3. The van der Waals surface area contributed by atoms with Gasteiger partial charge in [0.15, 0.2) is 0 Å². The Labute approximate surface area is 161 Å². The van der Waals surface area contributed by atoms with E-state index in [0.717, 1.165) is 6.92 Å². The summed E-state index contributed by atoms with van der Waals surface area (Å²) in [6, 6.07) is 0. The monoisotopic (exact) mass is 560 g/mol. The largest absolute Gasteiger partial charge is 0.465 e. The lowest BCUT2D eigenvalue weighted by atomic mass is 9.87. The van der Waals surface area contributed by atoms with E-state index in [-0.39, 0.29) is 6.92 Å². The summed E-state index contributed by atoms with van der Waals surface area (Å²) in [6.45, 7) is 0.643. The maximum Gasteiger partial charge on any atom is 0.460 e. The molecule has 0 saturated heterocycles. The molecule has 0 spiro atoms. The summed E-state index contributed by atoms with van der Waals surface area (Å²) in [6.07, 6.45) is -7.46. The van der Waals surface area contributed by atoms with Crippen molar-refractivity contribution < 1.29 is 66.6 Å². The van der Waals surface area contributed by atoms with E-state index >= 15 is 0 Å². The smallest absolute Gasteiger partial charge is 0.460 e. The zero-order chi connectivity index (χ0) is 23.1. The predicted molar refractivity (Wildman–Crippen MR) is 74.4 cm³/mol. The van der Waals surface area contributed by atoms with E-state index in [9.17, 15) is 61.9 Å². The van der Waals surface area contributed by atoms with Gasteiger partial charge in [-0.25, -0.2) is 0 Å². The Bertz CT molecular complexity index is 572. The molecule has 168 valence electrons. The highest BCUT2D eigenvalue weighted by atomic mass is 127. The molecule has 0 radical (unpaired) electrons. The molecule has 0 saturated carbocycles. The van der Waals surface area contributed by atoms with E-state index in [4.69, 9.17) is 0 Å². The summed E-state index contributed by atoms with van der Waals surface area (Å²) in [7, 11) is 0. The molecule has 0 aromatic rings. The molecular weight excluding hydrogens is 550 g/mol. The van der Waals surface area contributed by atoms with Gasteiger partial charge in [0, 0.05) is 5.92 Å². The van der Waals surface area contributed by atoms with E-state index in [0.29, 0.717) is 22.6 Å². The van der Waals surface area contributed by atoms with Crippen LogP contribution in [-0.4, -0.2) is 52.3 Å². The molecule has 0 fully saturated rings. The molecule has 2 atom stereocenters. The van der Waals surface area contributed by atoms with Crippen molar-refractivity contribution in [2.45, 2.75) is 53.6 Å². The summed E-state index contributed by atoms with van der Waals surface area (Å²) < 4.78 is 171. The first-order valence-electron chi connectivity index (χ1n) is 6.82. The van der Waals surface area contributed by atoms with Gasteiger partial charge in [-0.2, -0.15) is 57.1 Å². The molecule has 0 aliphatic carbocycles. The number of halogens is 14. The summed E-state index contributed by atoms with van der Waals surface area (Å²) in [5.74, 6) is -42.3. The second-order valence-electron chi connectivity index (χ2n) is 5.36. The van der Waals surface area contributed by atoms with E-state index in [1.54, 1.807) is 0 Å². The number of alkyl halides is 14. The Hall–Kier alpha value is -0.710. The summed E-state index contributed by atoms with van der Waals surface area (Å²) in [5.41, 5.74) is 0. The predicted octanol–water partition coefficient (Wildman–Crippen LogP) is 5.73. The molecule has 0 rings (SSSR count). The molecule has 0 aromatic heterocycles. The lowest BCUT2D eigenvalue weighted by molar-refractivity contribution is -0.442. The van der Waals surface area contributed by atoms with Gasteiger partial charge < -0.3 is 4.74 Å². The Balaban J connectivity index is 6.28. The van der Waals surface area contributed by atoms with Gasteiger partial charge in [0.2, 0.25) is 0 Å². The van der Waals surface area contributed by atoms with Crippen LogP contribution >= 0.6 is 22.6 Å². The molecule has 0 aliphatic rings. The normalized spacial score (nSPS) is 17.3. The number of hydrogen-bond acceptors (Lipinski definition) is 2. The van der Waals surface area contributed by atoms with E-state index in [1.165, 1.54) is 0 Å². The average molecular weight is 560 g/mol. The van der Waals surface area contributed by atoms with Crippen LogP contribution in [0, 0.1) is 5.92 Å². The van der Waals surface area contributed by atoms with Gasteiger partial charge in [0.25, 0.3) is 0 Å². The second kappa shape index (κ2) is 7.85. The van der Waals surface area contributed by atoms with Crippen molar-refractivity contribution in [3.63, 3.8) is 0 Å². The number of ether oxygens (including phenoxy) is 1. The highest BCUT2D eigenvalue weighted by Crippen LogP contribution is 2.61. The third-order valence-electron chi connectivity index (χ3n) is 3.48. The summed E-state index contributed by atoms with van der Waals surface area (Å²) in [5, 5.41) is 0. The van der Waals surface area contributed by atoms with E-state index in [2.05, 4.69) is 4.74 Å². The Morgan fingerprint density at radius 3 is 1.46 bits per heavy atom. The van der Waals surface area contributed by atoms with Crippen molar-refractivity contribution in [1.29, 1.82) is 0 Å². The highest BCUT2D eigenvalue weighted by molar-refractivity contribution is 14.1. The minimum absolute atomic E-state index is 0.00192. The summed E-state index contributed by atoms with van der Waals surface area (Å²) in [4.78, 5) is 11.3. The number of rotatable bonds is 8. The fourth-order valence-electron chi connectivity index (χ4n) is 1.68. The lowest BCUT2D eigenvalue weighted by Gasteiger charge is -2.41. The molecule has 0 amide bonds. The van der Waals surface area contributed by atoms with Gasteiger partial charge in [-0.05, 0) is 6.92 Å². The second-order valence-corrected chi connectivity index (χ2v) is 6.70. The maximum absolute atomic E-state index is 13.9. The van der Waals surface area contributed by atoms with Crippen LogP contribution in [-0.2, 0) is 9.53 Å². The standard InChI is InChI=1S/C12H10F13IO2/c1-3-28-6(27)5(26)4(2)7(13,14)8(15,16)9(17,18)10(19,20)11(21,22)12(23,24)25/h4-5H,3H2,1-2H3. The van der Waals surface area contributed by atoms with Crippen LogP contribution in [0.4, 0.5) is 57.1 Å². The SMILES string of the molecule is CCOC(=O)C(I)C(C)C(F)(F)C(F)(F)C(F)(F)C(F)(F)C(F)(F)C(F)(F)F. The van der Waals surface area contributed by atoms with Crippen molar-refractivity contribution in [1.82, 2.24) is 0 Å². The van der Waals surface area contributed by atoms with Crippen LogP contribution in [0.1, 0.15) is 13.8 Å². The van der Waals surface area contributed by atoms with Gasteiger partial charge >= 0.3 is 41.8 Å². The van der Waals surface area contributed by atoms with Crippen LogP contribution < -0.4 is 0 Å². The van der Waals surface area contributed by atoms with E-state index in [1.807, 2.05) is 0 Å². The molecule has 16 heteroatoms. The number of hydrogen-bond donors (Lipinski definition) is 0. The zero-order valence-electron chi connectivity index (χ0n) is 13.5. The van der Waals surface area contributed by atoms with E-state index < -0.39 is 58.2 Å². The highest BCUT2D eigenvalue weighted by Gasteiger charge is 2.91. The third kappa shape index (κ3) is 3.97. The van der Waals surface area contributed by atoms with Crippen LogP contribution in [0.5, 0.6) is 0 Å². The summed E-state index contributed by atoms with van der Waals surface area (Å²) >= 11 is 0.712. The minimum atomic E-state index is -7.96. The first-order valence-corrected chi connectivity index (χ1v) is 8.06. The molecule has 0 aromatic carbocycles. The van der Waals surface area contributed by atoms with Gasteiger partial charge in [-0.1, -0.05) is 29.5 Å². The minimum Gasteiger partial charge on any atom is -0.465 e. The van der Waals surface area contributed by atoms with Crippen molar-refractivity contribution >= 4 is 28.6 Å². The fraction of sp³-hybridized carbons (Fsp3) is 0.917. The molecule has 0 aliphatic heterocycles. The fourth-order valence-corrected chi connectivity index (χ4v) is 2.31. The van der Waals surface area contributed by atoms with Crippen molar-refractivity contribution in [2.75, 3.05) is 6.61 Å². The third-order valence-corrected chi connectivity index (χ3v) is 5.07. The Morgan fingerprint density at radius 2 is 1.14 bits per heavy atom. The Morgan fingerprint density at radius 1 is 0.786 bits per heavy atom. The van der Waals surface area contributed by atoms with Crippen LogP contribution in [0.3, 0.4) is 0 Å². The van der Waals surface area contributed by atoms with Crippen LogP contribution in [0.15, 0.2) is 0 Å². The number of esters is 1.